The van der Waals surface area contributed by atoms with Crippen LogP contribution in [0.2, 0.25) is 0 Å². The predicted octanol–water partition coefficient (Wildman–Crippen LogP) is 2.22. The summed E-state index contributed by atoms with van der Waals surface area (Å²) in [5, 5.41) is 0.517. The largest absolute Gasteiger partial charge is 0.376 e. The fraction of sp³-hybridized carbons (Fsp3) is 0.571. The Morgan fingerprint density at radius 1 is 1.20 bits per heavy atom. The quantitative estimate of drug-likeness (QED) is 0.750. The number of carbonyl (C=O) groups excluding carboxylic acids is 1. The standard InChI is InChI=1S/C21H25N3O5S/c25-18(23-7-5-21(6-8-23)28-10-11-29-21)14-3-4-16-17(12-14)22-20(30)24(19(16)26)13-15-2-1-9-27-15/h3-4,12,15H,1-2,5-11,13H2,(H,22,30). The number of carbonyl (C=O) groups is 1. The molecule has 1 unspecified atom stereocenters. The number of aromatic amines is 1. The summed E-state index contributed by atoms with van der Waals surface area (Å²) in [5.74, 6) is -0.577. The van der Waals surface area contributed by atoms with E-state index in [1.54, 1.807) is 22.8 Å². The molecular weight excluding hydrogens is 406 g/mol. The van der Waals surface area contributed by atoms with Gasteiger partial charge in [0, 0.05) is 38.1 Å². The van der Waals surface area contributed by atoms with Crippen molar-refractivity contribution in [1.82, 2.24) is 14.5 Å². The lowest BCUT2D eigenvalue weighted by Crippen LogP contribution is -2.47. The molecule has 4 heterocycles. The van der Waals surface area contributed by atoms with Crippen LogP contribution in [0.25, 0.3) is 10.9 Å². The third-order valence-electron chi connectivity index (χ3n) is 6.27. The van der Waals surface area contributed by atoms with Crippen LogP contribution in [0.3, 0.4) is 0 Å². The molecule has 1 aromatic heterocycles. The van der Waals surface area contributed by atoms with Crippen LogP contribution in [-0.4, -0.2) is 65.2 Å². The van der Waals surface area contributed by atoms with Gasteiger partial charge in [-0.25, -0.2) is 0 Å². The molecule has 3 aliphatic heterocycles. The van der Waals surface area contributed by atoms with E-state index in [2.05, 4.69) is 4.98 Å². The van der Waals surface area contributed by atoms with Crippen molar-refractivity contribution in [3.63, 3.8) is 0 Å². The van der Waals surface area contributed by atoms with Crippen LogP contribution in [0.1, 0.15) is 36.0 Å². The molecule has 1 spiro atoms. The first kappa shape index (κ1) is 19.9. The van der Waals surface area contributed by atoms with E-state index in [1.165, 1.54) is 0 Å². The highest BCUT2D eigenvalue weighted by Gasteiger charge is 2.40. The Morgan fingerprint density at radius 3 is 2.67 bits per heavy atom. The van der Waals surface area contributed by atoms with E-state index >= 15 is 0 Å². The Balaban J connectivity index is 1.37. The fourth-order valence-electron chi connectivity index (χ4n) is 4.56. The van der Waals surface area contributed by atoms with Crippen molar-refractivity contribution in [1.29, 1.82) is 0 Å². The number of benzene rings is 1. The summed E-state index contributed by atoms with van der Waals surface area (Å²) in [5.41, 5.74) is 0.961. The number of fused-ring (bicyclic) bond motifs is 1. The van der Waals surface area contributed by atoms with E-state index < -0.39 is 5.79 Å². The smallest absolute Gasteiger partial charge is 0.262 e. The zero-order chi connectivity index (χ0) is 20.7. The molecule has 30 heavy (non-hydrogen) atoms. The maximum atomic E-state index is 13.0. The summed E-state index contributed by atoms with van der Waals surface area (Å²) in [4.78, 5) is 30.9. The van der Waals surface area contributed by atoms with Gasteiger partial charge in [-0.3, -0.25) is 14.2 Å². The van der Waals surface area contributed by atoms with Crippen LogP contribution >= 0.6 is 12.2 Å². The molecule has 0 bridgehead atoms. The first-order valence-electron chi connectivity index (χ1n) is 10.5. The second-order valence-electron chi connectivity index (χ2n) is 8.14. The maximum Gasteiger partial charge on any atom is 0.262 e. The highest BCUT2D eigenvalue weighted by atomic mass is 32.1. The average Bonchev–Trinajstić information content (AvgIpc) is 3.43. The fourth-order valence-corrected chi connectivity index (χ4v) is 4.83. The number of nitrogens with zero attached hydrogens (tertiary/aromatic N) is 2. The SMILES string of the molecule is O=C(c1ccc2c(=O)n(CC3CCCO3)c(=S)[nH]c2c1)N1CCC2(CC1)OCCO2. The Labute approximate surface area is 178 Å². The van der Waals surface area contributed by atoms with Gasteiger partial charge in [0.2, 0.25) is 0 Å². The lowest BCUT2D eigenvalue weighted by atomic mass is 10.0. The number of amides is 1. The number of piperidine rings is 1. The number of likely N-dealkylation sites (tertiary alicyclic amines) is 1. The number of ether oxygens (including phenoxy) is 3. The Hall–Kier alpha value is -2.07. The molecule has 5 rings (SSSR count). The van der Waals surface area contributed by atoms with Gasteiger partial charge in [-0.2, -0.15) is 0 Å². The molecule has 8 nitrogen and oxygen atoms in total. The van der Waals surface area contributed by atoms with E-state index in [4.69, 9.17) is 26.4 Å². The van der Waals surface area contributed by atoms with Crippen LogP contribution in [0.15, 0.2) is 23.0 Å². The average molecular weight is 432 g/mol. The highest BCUT2D eigenvalue weighted by molar-refractivity contribution is 7.71. The van der Waals surface area contributed by atoms with Crippen molar-refractivity contribution in [2.45, 2.75) is 44.1 Å². The molecule has 9 heteroatoms. The maximum absolute atomic E-state index is 13.0. The summed E-state index contributed by atoms with van der Waals surface area (Å²) < 4.78 is 19.0. The summed E-state index contributed by atoms with van der Waals surface area (Å²) in [7, 11) is 0. The number of hydrogen-bond donors (Lipinski definition) is 1. The molecule has 0 aliphatic carbocycles. The molecule has 3 saturated heterocycles. The molecule has 1 N–H and O–H groups in total. The van der Waals surface area contributed by atoms with Crippen molar-refractivity contribution in [3.05, 3.63) is 38.9 Å². The van der Waals surface area contributed by atoms with E-state index in [0.717, 1.165) is 19.4 Å². The van der Waals surface area contributed by atoms with Crippen molar-refractivity contribution in [2.75, 3.05) is 32.9 Å². The minimum Gasteiger partial charge on any atom is -0.376 e. The van der Waals surface area contributed by atoms with Crippen molar-refractivity contribution in [2.24, 2.45) is 0 Å². The lowest BCUT2D eigenvalue weighted by molar-refractivity contribution is -0.181. The number of nitrogens with one attached hydrogen (secondary N) is 1. The lowest BCUT2D eigenvalue weighted by Gasteiger charge is -2.37. The normalized spacial score (nSPS) is 23.5. The van der Waals surface area contributed by atoms with Gasteiger partial charge in [-0.05, 0) is 43.3 Å². The minimum atomic E-state index is -0.515. The Bertz CT molecular complexity index is 1070. The van der Waals surface area contributed by atoms with E-state index in [-0.39, 0.29) is 17.6 Å². The topological polar surface area (TPSA) is 85.8 Å². The third-order valence-corrected chi connectivity index (χ3v) is 6.59. The summed E-state index contributed by atoms with van der Waals surface area (Å²) in [6.45, 7) is 3.56. The molecule has 2 aromatic rings. The van der Waals surface area contributed by atoms with E-state index in [1.807, 2.05) is 4.90 Å². The second kappa shape index (κ2) is 7.88. The summed E-state index contributed by atoms with van der Waals surface area (Å²) in [6, 6.07) is 5.14. The number of H-pyrrole nitrogens is 1. The van der Waals surface area contributed by atoms with Crippen molar-refractivity contribution in [3.8, 4) is 0 Å². The van der Waals surface area contributed by atoms with Gasteiger partial charge in [-0.1, -0.05) is 0 Å². The van der Waals surface area contributed by atoms with E-state index in [9.17, 15) is 9.59 Å². The molecule has 160 valence electrons. The monoisotopic (exact) mass is 431 g/mol. The summed E-state index contributed by atoms with van der Waals surface area (Å²) >= 11 is 5.42. The Morgan fingerprint density at radius 2 is 1.97 bits per heavy atom. The zero-order valence-corrected chi connectivity index (χ0v) is 17.5. The molecular formula is C21H25N3O5S. The zero-order valence-electron chi connectivity index (χ0n) is 16.7. The highest BCUT2D eigenvalue weighted by Crippen LogP contribution is 2.31. The predicted molar refractivity (Wildman–Crippen MR) is 112 cm³/mol. The van der Waals surface area contributed by atoms with Gasteiger partial charge in [-0.15, -0.1) is 0 Å². The van der Waals surface area contributed by atoms with Crippen LogP contribution in [0, 0.1) is 4.77 Å². The molecule has 1 amide bonds. The van der Waals surface area contributed by atoms with Gasteiger partial charge in [0.05, 0.1) is 36.8 Å². The van der Waals surface area contributed by atoms with Crippen molar-refractivity contribution >= 4 is 29.0 Å². The van der Waals surface area contributed by atoms with Gasteiger partial charge in [0.25, 0.3) is 11.5 Å². The summed E-state index contributed by atoms with van der Waals surface area (Å²) in [6.07, 6.45) is 3.29. The van der Waals surface area contributed by atoms with Crippen LogP contribution in [-0.2, 0) is 20.8 Å². The molecule has 1 atom stereocenters. The minimum absolute atomic E-state index is 0.0197. The van der Waals surface area contributed by atoms with Crippen molar-refractivity contribution < 1.29 is 19.0 Å². The Kier molecular flexibility index (Phi) is 5.22. The number of hydrogen-bond acceptors (Lipinski definition) is 6. The van der Waals surface area contributed by atoms with Crippen LogP contribution in [0.4, 0.5) is 0 Å². The number of aromatic nitrogens is 2. The molecule has 1 aromatic carbocycles. The number of rotatable bonds is 3. The molecule has 0 saturated carbocycles. The first-order chi connectivity index (χ1) is 14.5. The third kappa shape index (κ3) is 3.60. The van der Waals surface area contributed by atoms with Crippen LogP contribution in [0.5, 0.6) is 0 Å². The molecule has 3 aliphatic rings. The van der Waals surface area contributed by atoms with Gasteiger partial charge >= 0.3 is 0 Å². The van der Waals surface area contributed by atoms with E-state index in [0.29, 0.717) is 66.9 Å². The van der Waals surface area contributed by atoms with Crippen LogP contribution < -0.4 is 5.56 Å². The van der Waals surface area contributed by atoms with Gasteiger partial charge < -0.3 is 24.1 Å². The van der Waals surface area contributed by atoms with Gasteiger partial charge in [0.1, 0.15) is 0 Å². The first-order valence-corrected chi connectivity index (χ1v) is 10.9. The molecule has 3 fully saturated rings. The van der Waals surface area contributed by atoms with Gasteiger partial charge in [0.15, 0.2) is 10.6 Å². The molecule has 0 radical (unpaired) electrons. The second-order valence-corrected chi connectivity index (χ2v) is 8.53.